The molecule has 138 valence electrons. The molecule has 0 unspecified atom stereocenters. The second-order valence-electron chi connectivity index (χ2n) is 6.43. The average Bonchev–Trinajstić information content (AvgIpc) is 2.73. The molecule has 27 heavy (non-hydrogen) atoms. The summed E-state index contributed by atoms with van der Waals surface area (Å²) < 4.78 is 11.2. The Labute approximate surface area is 157 Å². The lowest BCUT2D eigenvalue weighted by Crippen LogP contribution is -2.43. The molecule has 1 aromatic heterocycles. The molecule has 6 nitrogen and oxygen atoms in total. The van der Waals surface area contributed by atoms with Gasteiger partial charge in [0.2, 0.25) is 0 Å². The van der Waals surface area contributed by atoms with Crippen molar-refractivity contribution >= 4 is 22.5 Å². The number of ether oxygens (including phenoxy) is 2. The zero-order valence-corrected chi connectivity index (χ0v) is 14.9. The molecule has 2 N–H and O–H groups in total. The standard InChI is InChI=1S/C21H21N3O3/c22-16-6-7-18-17(12-16)20(13-19(23-18)15-4-2-1-3-5-15)27-14-21(25)24-8-10-26-11-9-24/h1-7,12-13H,8-11,14,22H2. The Morgan fingerprint density at radius 2 is 1.89 bits per heavy atom. The molecule has 6 heteroatoms. The SMILES string of the molecule is Nc1ccc2nc(-c3ccccc3)cc(OCC(=O)N3CCOCC3)c2c1. The molecule has 2 heterocycles. The number of carbonyl (C=O) groups excluding carboxylic acids is 1. The first kappa shape index (κ1) is 17.3. The van der Waals surface area contributed by atoms with Gasteiger partial charge in [0.25, 0.3) is 5.91 Å². The number of hydrogen-bond acceptors (Lipinski definition) is 5. The van der Waals surface area contributed by atoms with Crippen LogP contribution in [0.2, 0.25) is 0 Å². The molecule has 1 amide bonds. The highest BCUT2D eigenvalue weighted by Gasteiger charge is 2.18. The van der Waals surface area contributed by atoms with E-state index in [1.54, 1.807) is 4.90 Å². The summed E-state index contributed by atoms with van der Waals surface area (Å²) >= 11 is 0. The van der Waals surface area contributed by atoms with Crippen LogP contribution in [0.1, 0.15) is 0 Å². The van der Waals surface area contributed by atoms with Crippen molar-refractivity contribution in [1.82, 2.24) is 9.88 Å². The predicted octanol–water partition coefficient (Wildman–Crippen LogP) is 2.72. The number of aromatic nitrogens is 1. The third-order valence-electron chi connectivity index (χ3n) is 4.58. The lowest BCUT2D eigenvalue weighted by Gasteiger charge is -2.26. The summed E-state index contributed by atoms with van der Waals surface area (Å²) in [6.07, 6.45) is 0. The van der Waals surface area contributed by atoms with E-state index >= 15 is 0 Å². The van der Waals surface area contributed by atoms with Crippen LogP contribution in [0.15, 0.2) is 54.6 Å². The number of nitrogen functional groups attached to an aromatic ring is 1. The van der Waals surface area contributed by atoms with E-state index in [0.717, 1.165) is 22.2 Å². The molecule has 0 bridgehead atoms. The highest BCUT2D eigenvalue weighted by molar-refractivity contribution is 5.90. The van der Waals surface area contributed by atoms with Crippen molar-refractivity contribution < 1.29 is 14.3 Å². The van der Waals surface area contributed by atoms with Crippen molar-refractivity contribution in [2.24, 2.45) is 0 Å². The fraction of sp³-hybridized carbons (Fsp3) is 0.238. The monoisotopic (exact) mass is 363 g/mol. The number of rotatable bonds is 4. The maximum absolute atomic E-state index is 12.4. The third kappa shape index (κ3) is 3.85. The van der Waals surface area contributed by atoms with E-state index in [1.165, 1.54) is 0 Å². The van der Waals surface area contributed by atoms with Gasteiger partial charge in [0.15, 0.2) is 6.61 Å². The molecule has 0 spiro atoms. The smallest absolute Gasteiger partial charge is 0.260 e. The van der Waals surface area contributed by atoms with Crippen LogP contribution in [0.3, 0.4) is 0 Å². The minimum absolute atomic E-state index is 0.0257. The van der Waals surface area contributed by atoms with Gasteiger partial charge < -0.3 is 20.1 Å². The number of pyridine rings is 1. The largest absolute Gasteiger partial charge is 0.483 e. The third-order valence-corrected chi connectivity index (χ3v) is 4.58. The summed E-state index contributed by atoms with van der Waals surface area (Å²) in [5, 5.41) is 0.796. The van der Waals surface area contributed by atoms with Crippen molar-refractivity contribution in [3.8, 4) is 17.0 Å². The Bertz CT molecular complexity index is 954. The summed E-state index contributed by atoms with van der Waals surface area (Å²) in [7, 11) is 0. The number of nitrogens with zero attached hydrogens (tertiary/aromatic N) is 2. The van der Waals surface area contributed by atoms with E-state index in [9.17, 15) is 4.79 Å². The van der Waals surface area contributed by atoms with E-state index in [-0.39, 0.29) is 12.5 Å². The Kier molecular flexibility index (Phi) is 4.89. The molecule has 1 aliphatic heterocycles. The van der Waals surface area contributed by atoms with Crippen LogP contribution < -0.4 is 10.5 Å². The van der Waals surface area contributed by atoms with Crippen molar-refractivity contribution in [3.05, 3.63) is 54.6 Å². The normalized spacial score (nSPS) is 14.3. The summed E-state index contributed by atoms with van der Waals surface area (Å²) in [5.74, 6) is 0.557. The minimum Gasteiger partial charge on any atom is -0.483 e. The maximum Gasteiger partial charge on any atom is 0.260 e. The van der Waals surface area contributed by atoms with Gasteiger partial charge in [-0.25, -0.2) is 4.98 Å². The zero-order valence-electron chi connectivity index (χ0n) is 14.9. The van der Waals surface area contributed by atoms with E-state index in [0.29, 0.717) is 37.7 Å². The number of anilines is 1. The second-order valence-corrected chi connectivity index (χ2v) is 6.43. The highest BCUT2D eigenvalue weighted by atomic mass is 16.5. The van der Waals surface area contributed by atoms with Gasteiger partial charge in [-0.15, -0.1) is 0 Å². The number of carbonyl (C=O) groups is 1. The number of amides is 1. The molecule has 0 aliphatic carbocycles. The van der Waals surface area contributed by atoms with Gasteiger partial charge in [0.05, 0.1) is 24.4 Å². The Morgan fingerprint density at radius 3 is 2.67 bits per heavy atom. The highest BCUT2D eigenvalue weighted by Crippen LogP contribution is 2.31. The summed E-state index contributed by atoms with van der Waals surface area (Å²) in [5.41, 5.74) is 9.13. The van der Waals surface area contributed by atoms with Crippen molar-refractivity contribution in [3.63, 3.8) is 0 Å². The van der Waals surface area contributed by atoms with Crippen LogP contribution in [0.25, 0.3) is 22.2 Å². The van der Waals surface area contributed by atoms with Crippen LogP contribution in [-0.2, 0) is 9.53 Å². The molecule has 4 rings (SSSR count). The first-order chi connectivity index (χ1) is 13.2. The number of nitrogens with two attached hydrogens (primary N) is 1. The molecule has 0 radical (unpaired) electrons. The fourth-order valence-corrected chi connectivity index (χ4v) is 3.13. The summed E-state index contributed by atoms with van der Waals surface area (Å²) in [6, 6.07) is 17.3. The van der Waals surface area contributed by atoms with Crippen molar-refractivity contribution in [1.29, 1.82) is 0 Å². The van der Waals surface area contributed by atoms with E-state index < -0.39 is 0 Å². The van der Waals surface area contributed by atoms with Gasteiger partial charge in [-0.2, -0.15) is 0 Å². The molecular formula is C21H21N3O3. The molecule has 0 saturated carbocycles. The van der Waals surface area contributed by atoms with Crippen LogP contribution in [0.5, 0.6) is 5.75 Å². The van der Waals surface area contributed by atoms with Gasteiger partial charge in [0, 0.05) is 35.8 Å². The average molecular weight is 363 g/mol. The van der Waals surface area contributed by atoms with Crippen LogP contribution >= 0.6 is 0 Å². The summed E-state index contributed by atoms with van der Waals surface area (Å²) in [6.45, 7) is 2.31. The second kappa shape index (κ2) is 7.63. The molecule has 3 aromatic rings. The van der Waals surface area contributed by atoms with Crippen LogP contribution in [-0.4, -0.2) is 48.7 Å². The zero-order chi connectivity index (χ0) is 18.6. The number of hydrogen-bond donors (Lipinski definition) is 1. The van der Waals surface area contributed by atoms with E-state index in [1.807, 2.05) is 54.6 Å². The number of fused-ring (bicyclic) bond motifs is 1. The number of morpholine rings is 1. The molecule has 1 aliphatic rings. The van der Waals surface area contributed by atoms with Gasteiger partial charge in [-0.1, -0.05) is 30.3 Å². The first-order valence-corrected chi connectivity index (χ1v) is 8.95. The Balaban J connectivity index is 1.65. The van der Waals surface area contributed by atoms with Crippen molar-refractivity contribution in [2.75, 3.05) is 38.6 Å². The van der Waals surface area contributed by atoms with Gasteiger partial charge in [-0.3, -0.25) is 4.79 Å². The van der Waals surface area contributed by atoms with Crippen LogP contribution in [0, 0.1) is 0 Å². The van der Waals surface area contributed by atoms with Gasteiger partial charge >= 0.3 is 0 Å². The molecular weight excluding hydrogens is 342 g/mol. The van der Waals surface area contributed by atoms with Crippen LogP contribution in [0.4, 0.5) is 5.69 Å². The fourth-order valence-electron chi connectivity index (χ4n) is 3.13. The molecule has 1 fully saturated rings. The van der Waals surface area contributed by atoms with E-state index in [4.69, 9.17) is 20.2 Å². The quantitative estimate of drug-likeness (QED) is 0.721. The lowest BCUT2D eigenvalue weighted by molar-refractivity contribution is -0.137. The summed E-state index contributed by atoms with van der Waals surface area (Å²) in [4.78, 5) is 18.9. The van der Waals surface area contributed by atoms with E-state index in [2.05, 4.69) is 0 Å². The molecule has 1 saturated heterocycles. The van der Waals surface area contributed by atoms with Gasteiger partial charge in [-0.05, 0) is 18.2 Å². The lowest BCUT2D eigenvalue weighted by atomic mass is 10.1. The molecule has 0 atom stereocenters. The number of benzene rings is 2. The molecule has 2 aromatic carbocycles. The minimum atomic E-state index is -0.0478. The predicted molar refractivity (Wildman–Crippen MR) is 104 cm³/mol. The first-order valence-electron chi connectivity index (χ1n) is 8.95. The maximum atomic E-state index is 12.4. The van der Waals surface area contributed by atoms with Crippen molar-refractivity contribution in [2.45, 2.75) is 0 Å². The Hall–Kier alpha value is -3.12. The topological polar surface area (TPSA) is 77.7 Å². The Morgan fingerprint density at radius 1 is 1.11 bits per heavy atom. The van der Waals surface area contributed by atoms with Gasteiger partial charge in [0.1, 0.15) is 5.75 Å².